The summed E-state index contributed by atoms with van der Waals surface area (Å²) in [6, 6.07) is 26.6. The third-order valence-corrected chi connectivity index (χ3v) is 6.39. The molecule has 3 nitrogen and oxygen atoms in total. The van der Waals surface area contributed by atoms with Crippen LogP contribution >= 0.6 is 15.9 Å². The molecule has 0 bridgehead atoms. The van der Waals surface area contributed by atoms with Gasteiger partial charge in [0.25, 0.3) is 0 Å². The van der Waals surface area contributed by atoms with Gasteiger partial charge in [-0.3, -0.25) is 5.01 Å². The lowest BCUT2D eigenvalue weighted by atomic mass is 10.0. The maximum atomic E-state index is 4.71. The largest absolute Gasteiger partial charge is 0.322 e. The Hall–Kier alpha value is -2.43. The maximum absolute atomic E-state index is 4.71. The molecule has 1 N–H and O–H groups in total. The van der Waals surface area contributed by atoms with Crippen molar-refractivity contribution in [3.05, 3.63) is 94.0 Å². The molecule has 1 aliphatic carbocycles. The molecule has 3 aromatic rings. The van der Waals surface area contributed by atoms with Crippen LogP contribution in [-0.2, 0) is 0 Å². The predicted molar refractivity (Wildman–Crippen MR) is 118 cm³/mol. The molecule has 1 saturated heterocycles. The van der Waals surface area contributed by atoms with Crippen LogP contribution in [0.2, 0.25) is 0 Å². The Kier molecular flexibility index (Phi) is 4.75. The number of hydrazone groups is 1. The topological polar surface area (TPSA) is 20.0 Å². The first-order valence-electron chi connectivity index (χ1n) is 9.87. The van der Waals surface area contributed by atoms with Gasteiger partial charge in [-0.1, -0.05) is 76.6 Å². The van der Waals surface area contributed by atoms with E-state index in [2.05, 4.69) is 93.7 Å². The smallest absolute Gasteiger partial charge is 0.140 e. The van der Waals surface area contributed by atoms with Gasteiger partial charge in [-0.2, -0.15) is 5.10 Å². The molecular formula is C24H23BrN3+. The van der Waals surface area contributed by atoms with Crippen molar-refractivity contribution in [2.45, 2.75) is 6.04 Å². The SMILES string of the molecule is Brc1ccc(/C=N/N2CC[NH+](C3c4ccccc4-c4ccccc43)CC2)cc1. The minimum absolute atomic E-state index is 0.449. The molecular weight excluding hydrogens is 410 g/mol. The van der Waals surface area contributed by atoms with Crippen LogP contribution in [0.25, 0.3) is 11.1 Å². The first-order valence-corrected chi connectivity index (χ1v) is 10.7. The summed E-state index contributed by atoms with van der Waals surface area (Å²) in [6.45, 7) is 4.18. The van der Waals surface area contributed by atoms with Crippen molar-refractivity contribution >= 4 is 22.1 Å². The predicted octanol–water partition coefficient (Wildman–Crippen LogP) is 3.75. The monoisotopic (exact) mass is 432 g/mol. The maximum Gasteiger partial charge on any atom is 0.140 e. The highest BCUT2D eigenvalue weighted by Crippen LogP contribution is 2.41. The van der Waals surface area contributed by atoms with Crippen molar-refractivity contribution in [1.29, 1.82) is 0 Å². The molecule has 28 heavy (non-hydrogen) atoms. The van der Waals surface area contributed by atoms with Crippen LogP contribution < -0.4 is 4.90 Å². The summed E-state index contributed by atoms with van der Waals surface area (Å²) in [7, 11) is 0. The Morgan fingerprint density at radius 1 is 0.821 bits per heavy atom. The van der Waals surface area contributed by atoms with Gasteiger partial charge < -0.3 is 4.90 Å². The highest BCUT2D eigenvalue weighted by atomic mass is 79.9. The molecule has 1 heterocycles. The quantitative estimate of drug-likeness (QED) is 0.624. The van der Waals surface area contributed by atoms with Gasteiger partial charge in [0.05, 0.1) is 32.4 Å². The minimum Gasteiger partial charge on any atom is -0.322 e. The summed E-state index contributed by atoms with van der Waals surface area (Å²) in [5.74, 6) is 0. The zero-order valence-electron chi connectivity index (χ0n) is 15.7. The van der Waals surface area contributed by atoms with Gasteiger partial charge in [-0.25, -0.2) is 0 Å². The van der Waals surface area contributed by atoms with Crippen LogP contribution in [0.3, 0.4) is 0 Å². The number of halogens is 1. The van der Waals surface area contributed by atoms with E-state index in [-0.39, 0.29) is 0 Å². The van der Waals surface area contributed by atoms with Crippen molar-refractivity contribution in [2.24, 2.45) is 5.10 Å². The molecule has 0 radical (unpaired) electrons. The molecule has 0 spiro atoms. The number of nitrogens with zero attached hydrogens (tertiary/aromatic N) is 2. The van der Waals surface area contributed by atoms with E-state index in [9.17, 15) is 0 Å². The molecule has 0 atom stereocenters. The lowest BCUT2D eigenvalue weighted by molar-refractivity contribution is -0.929. The summed E-state index contributed by atoms with van der Waals surface area (Å²) in [5, 5.41) is 6.92. The van der Waals surface area contributed by atoms with Crippen LogP contribution in [0.4, 0.5) is 0 Å². The van der Waals surface area contributed by atoms with Gasteiger partial charge in [0.2, 0.25) is 0 Å². The number of benzene rings is 3. The number of fused-ring (bicyclic) bond motifs is 3. The summed E-state index contributed by atoms with van der Waals surface area (Å²) in [6.07, 6.45) is 1.97. The second kappa shape index (κ2) is 7.53. The van der Waals surface area contributed by atoms with Gasteiger partial charge in [0.1, 0.15) is 6.04 Å². The van der Waals surface area contributed by atoms with E-state index in [1.807, 2.05) is 6.21 Å². The molecule has 4 heteroatoms. The number of hydrogen-bond donors (Lipinski definition) is 1. The highest BCUT2D eigenvalue weighted by Gasteiger charge is 2.37. The number of piperazine rings is 1. The van der Waals surface area contributed by atoms with Crippen molar-refractivity contribution in [1.82, 2.24) is 5.01 Å². The molecule has 140 valence electrons. The first-order chi connectivity index (χ1) is 13.8. The van der Waals surface area contributed by atoms with Gasteiger partial charge in [-0.15, -0.1) is 0 Å². The van der Waals surface area contributed by atoms with Crippen molar-refractivity contribution in [3.8, 4) is 11.1 Å². The van der Waals surface area contributed by atoms with Crippen molar-refractivity contribution < 1.29 is 4.90 Å². The third-order valence-electron chi connectivity index (χ3n) is 5.86. The number of quaternary nitrogens is 1. The van der Waals surface area contributed by atoms with Gasteiger partial charge in [-0.05, 0) is 28.8 Å². The normalized spacial score (nSPS) is 17.1. The fraction of sp³-hybridized carbons (Fsp3) is 0.208. The Morgan fingerprint density at radius 2 is 1.39 bits per heavy atom. The standard InChI is InChI=1S/C24H22BrN3/c25-19-11-9-18(10-12-19)17-26-28-15-13-27(14-16-28)24-22-7-3-1-5-20(22)21-6-2-4-8-23(21)24/h1-12,17,24H,13-16H2/p+1/b26-17+. The fourth-order valence-corrected chi connectivity index (χ4v) is 4.74. The van der Waals surface area contributed by atoms with Crippen molar-refractivity contribution in [2.75, 3.05) is 26.2 Å². The Morgan fingerprint density at radius 3 is 2.00 bits per heavy atom. The van der Waals surface area contributed by atoms with Crippen LogP contribution in [0.15, 0.2) is 82.4 Å². The number of hydrogen-bond acceptors (Lipinski definition) is 2. The molecule has 0 unspecified atom stereocenters. The highest BCUT2D eigenvalue weighted by molar-refractivity contribution is 9.10. The zero-order valence-corrected chi connectivity index (χ0v) is 17.3. The second-order valence-electron chi connectivity index (χ2n) is 7.52. The zero-order chi connectivity index (χ0) is 18.9. The second-order valence-corrected chi connectivity index (χ2v) is 8.43. The van der Waals surface area contributed by atoms with E-state index in [1.165, 1.54) is 22.3 Å². The molecule has 0 amide bonds. The summed E-state index contributed by atoms with van der Waals surface area (Å²) >= 11 is 3.48. The van der Waals surface area contributed by atoms with Gasteiger partial charge in [0.15, 0.2) is 0 Å². The molecule has 1 aliphatic heterocycles. The van der Waals surface area contributed by atoms with E-state index in [0.29, 0.717) is 6.04 Å². The Balaban J connectivity index is 1.31. The van der Waals surface area contributed by atoms with E-state index >= 15 is 0 Å². The van der Waals surface area contributed by atoms with E-state index in [1.54, 1.807) is 4.90 Å². The Labute approximate surface area is 174 Å². The minimum atomic E-state index is 0.449. The lowest BCUT2D eigenvalue weighted by Crippen LogP contribution is -3.14. The summed E-state index contributed by atoms with van der Waals surface area (Å²) in [5.41, 5.74) is 6.91. The van der Waals surface area contributed by atoms with Crippen molar-refractivity contribution in [3.63, 3.8) is 0 Å². The van der Waals surface area contributed by atoms with Gasteiger partial charge in [0, 0.05) is 15.6 Å². The first kappa shape index (κ1) is 17.7. The van der Waals surface area contributed by atoms with E-state index in [4.69, 9.17) is 5.10 Å². The Bertz CT molecular complexity index is 959. The van der Waals surface area contributed by atoms with Crippen LogP contribution in [-0.4, -0.2) is 37.4 Å². The molecule has 5 rings (SSSR count). The molecule has 3 aromatic carbocycles. The molecule has 0 aromatic heterocycles. The average Bonchev–Trinajstić information content (AvgIpc) is 3.08. The molecule has 1 fully saturated rings. The summed E-state index contributed by atoms with van der Waals surface area (Å²) in [4.78, 5) is 1.65. The van der Waals surface area contributed by atoms with E-state index in [0.717, 1.165) is 36.2 Å². The molecule has 0 saturated carbocycles. The fourth-order valence-electron chi connectivity index (χ4n) is 4.48. The van der Waals surface area contributed by atoms with Gasteiger partial charge >= 0.3 is 0 Å². The number of rotatable bonds is 3. The molecule has 2 aliphatic rings. The van der Waals surface area contributed by atoms with Crippen LogP contribution in [0.5, 0.6) is 0 Å². The third kappa shape index (κ3) is 3.27. The lowest BCUT2D eigenvalue weighted by Gasteiger charge is -2.34. The average molecular weight is 433 g/mol. The van der Waals surface area contributed by atoms with Crippen LogP contribution in [0, 0.1) is 0 Å². The van der Waals surface area contributed by atoms with E-state index < -0.39 is 0 Å². The summed E-state index contributed by atoms with van der Waals surface area (Å²) < 4.78 is 1.10. The van der Waals surface area contributed by atoms with Crippen LogP contribution in [0.1, 0.15) is 22.7 Å². The number of nitrogens with one attached hydrogen (secondary N) is 1.